The molecule has 0 amide bonds. The lowest BCUT2D eigenvalue weighted by Crippen LogP contribution is -2.25. The first-order valence-corrected chi connectivity index (χ1v) is 5.71. The lowest BCUT2D eigenvalue weighted by Gasteiger charge is -2.26. The van der Waals surface area contributed by atoms with Crippen LogP contribution in [-0.2, 0) is 5.60 Å². The number of hydrogen-bond acceptors (Lipinski definition) is 3. The second-order valence-electron chi connectivity index (χ2n) is 4.48. The molecule has 3 nitrogen and oxygen atoms in total. The van der Waals surface area contributed by atoms with Crippen molar-refractivity contribution in [2.24, 2.45) is 0 Å². The molecule has 1 heterocycles. The maximum Gasteiger partial charge on any atom is 0.128 e. The van der Waals surface area contributed by atoms with Crippen LogP contribution in [0, 0.1) is 11.3 Å². The third-order valence-electron chi connectivity index (χ3n) is 2.73. The van der Waals surface area contributed by atoms with Crippen LogP contribution in [0.3, 0.4) is 0 Å². The van der Waals surface area contributed by atoms with Gasteiger partial charge in [0.2, 0.25) is 0 Å². The Kier molecular flexibility index (Phi) is 3.29. The van der Waals surface area contributed by atoms with Gasteiger partial charge in [0.15, 0.2) is 0 Å². The number of ether oxygens (including phenoxy) is 1. The molecule has 0 aliphatic rings. The maximum absolute atomic E-state index is 8.74. The van der Waals surface area contributed by atoms with Gasteiger partial charge in [-0.05, 0) is 55.8 Å². The highest BCUT2D eigenvalue weighted by molar-refractivity contribution is 5.35. The summed E-state index contributed by atoms with van der Waals surface area (Å²) < 4.78 is 5.95. The Morgan fingerprint density at radius 1 is 1.06 bits per heavy atom. The summed E-state index contributed by atoms with van der Waals surface area (Å²) in [6.07, 6.45) is 3.50. The minimum Gasteiger partial charge on any atom is -0.483 e. The van der Waals surface area contributed by atoms with Crippen molar-refractivity contribution in [1.29, 1.82) is 5.26 Å². The first kappa shape index (κ1) is 12.1. The minimum atomic E-state index is -0.433. The van der Waals surface area contributed by atoms with E-state index in [4.69, 9.17) is 10.00 Å². The van der Waals surface area contributed by atoms with Crippen LogP contribution < -0.4 is 4.74 Å². The van der Waals surface area contributed by atoms with Crippen LogP contribution in [0.5, 0.6) is 5.75 Å². The Labute approximate surface area is 107 Å². The Hall–Kier alpha value is -2.34. The number of pyridine rings is 1. The van der Waals surface area contributed by atoms with Crippen molar-refractivity contribution < 1.29 is 4.74 Å². The number of hydrogen-bond donors (Lipinski definition) is 0. The average Bonchev–Trinajstić information content (AvgIpc) is 2.40. The van der Waals surface area contributed by atoms with E-state index in [1.54, 1.807) is 24.5 Å². The smallest absolute Gasteiger partial charge is 0.128 e. The number of benzene rings is 1. The molecule has 3 heteroatoms. The number of aromatic nitrogens is 1. The molecule has 1 aromatic heterocycles. The van der Waals surface area contributed by atoms with Crippen LogP contribution in [0.25, 0.3) is 0 Å². The summed E-state index contributed by atoms with van der Waals surface area (Å²) in [6.45, 7) is 4.00. The van der Waals surface area contributed by atoms with Gasteiger partial charge >= 0.3 is 0 Å². The summed E-state index contributed by atoms with van der Waals surface area (Å²) in [5, 5.41) is 8.74. The zero-order valence-corrected chi connectivity index (χ0v) is 10.4. The fourth-order valence-corrected chi connectivity index (χ4v) is 1.70. The lowest BCUT2D eigenvalue weighted by atomic mass is 9.99. The van der Waals surface area contributed by atoms with Crippen molar-refractivity contribution in [3.05, 3.63) is 59.9 Å². The molecule has 0 unspecified atom stereocenters. The fourth-order valence-electron chi connectivity index (χ4n) is 1.70. The van der Waals surface area contributed by atoms with E-state index < -0.39 is 5.60 Å². The molecule has 0 atom stereocenters. The van der Waals surface area contributed by atoms with Crippen LogP contribution in [-0.4, -0.2) is 4.98 Å². The molecule has 0 fully saturated rings. The normalized spacial score (nSPS) is 10.7. The van der Waals surface area contributed by atoms with Gasteiger partial charge in [-0.15, -0.1) is 0 Å². The number of nitriles is 1. The molecular formula is C15H14N2O. The van der Waals surface area contributed by atoms with E-state index in [9.17, 15) is 0 Å². The number of nitrogens with zero attached hydrogens (tertiary/aromatic N) is 2. The lowest BCUT2D eigenvalue weighted by molar-refractivity contribution is 0.109. The van der Waals surface area contributed by atoms with E-state index in [1.165, 1.54) is 0 Å². The van der Waals surface area contributed by atoms with E-state index in [-0.39, 0.29) is 0 Å². The minimum absolute atomic E-state index is 0.433. The van der Waals surface area contributed by atoms with E-state index in [2.05, 4.69) is 11.1 Å². The van der Waals surface area contributed by atoms with E-state index >= 15 is 0 Å². The standard InChI is InChI=1S/C15H14N2O/c1-15(2,13-7-9-17-10-8-13)18-14-5-3-12(11-16)4-6-14/h3-10H,1-2H3. The highest BCUT2D eigenvalue weighted by atomic mass is 16.5. The van der Waals surface area contributed by atoms with Gasteiger partial charge in [0.25, 0.3) is 0 Å². The van der Waals surface area contributed by atoms with Crippen molar-refractivity contribution >= 4 is 0 Å². The molecule has 0 saturated heterocycles. The van der Waals surface area contributed by atoms with Gasteiger partial charge in [-0.3, -0.25) is 4.98 Å². The maximum atomic E-state index is 8.74. The van der Waals surface area contributed by atoms with E-state index in [0.29, 0.717) is 5.56 Å². The van der Waals surface area contributed by atoms with Gasteiger partial charge in [-0.25, -0.2) is 0 Å². The summed E-state index contributed by atoms with van der Waals surface area (Å²) in [4.78, 5) is 4.00. The SMILES string of the molecule is CC(C)(Oc1ccc(C#N)cc1)c1ccncc1. The number of rotatable bonds is 3. The predicted molar refractivity (Wildman–Crippen MR) is 69.0 cm³/mol. The van der Waals surface area contributed by atoms with Crippen molar-refractivity contribution in [2.75, 3.05) is 0 Å². The first-order valence-electron chi connectivity index (χ1n) is 5.71. The molecule has 2 aromatic rings. The zero-order valence-electron chi connectivity index (χ0n) is 10.4. The molecule has 0 N–H and O–H groups in total. The molecule has 18 heavy (non-hydrogen) atoms. The molecule has 0 aliphatic carbocycles. The van der Waals surface area contributed by atoms with Crippen LogP contribution in [0.15, 0.2) is 48.8 Å². The summed E-state index contributed by atoms with van der Waals surface area (Å²) >= 11 is 0. The molecular weight excluding hydrogens is 224 g/mol. The van der Waals surface area contributed by atoms with Crippen LogP contribution in [0.4, 0.5) is 0 Å². The Morgan fingerprint density at radius 2 is 1.67 bits per heavy atom. The molecule has 2 rings (SSSR count). The van der Waals surface area contributed by atoms with Crippen molar-refractivity contribution in [2.45, 2.75) is 19.4 Å². The molecule has 0 bridgehead atoms. The summed E-state index contributed by atoms with van der Waals surface area (Å²) in [5.41, 5.74) is 1.25. The Morgan fingerprint density at radius 3 is 2.22 bits per heavy atom. The summed E-state index contributed by atoms with van der Waals surface area (Å²) in [6, 6.07) is 13.1. The van der Waals surface area contributed by atoms with Crippen LogP contribution in [0.1, 0.15) is 25.0 Å². The zero-order chi connectivity index (χ0) is 13.0. The Bertz CT molecular complexity index is 553. The summed E-state index contributed by atoms with van der Waals surface area (Å²) in [5.74, 6) is 0.746. The monoisotopic (exact) mass is 238 g/mol. The second kappa shape index (κ2) is 4.89. The van der Waals surface area contributed by atoms with Gasteiger partial charge in [-0.2, -0.15) is 5.26 Å². The van der Waals surface area contributed by atoms with Crippen molar-refractivity contribution in [3.8, 4) is 11.8 Å². The average molecular weight is 238 g/mol. The molecule has 0 radical (unpaired) electrons. The highest BCUT2D eigenvalue weighted by Gasteiger charge is 2.22. The predicted octanol–water partition coefficient (Wildman–Crippen LogP) is 3.27. The third kappa shape index (κ3) is 2.67. The van der Waals surface area contributed by atoms with Crippen molar-refractivity contribution in [1.82, 2.24) is 4.98 Å². The quantitative estimate of drug-likeness (QED) is 0.824. The van der Waals surface area contributed by atoms with E-state index in [0.717, 1.165) is 11.3 Å². The van der Waals surface area contributed by atoms with Crippen molar-refractivity contribution in [3.63, 3.8) is 0 Å². The van der Waals surface area contributed by atoms with Gasteiger partial charge in [-0.1, -0.05) is 0 Å². The van der Waals surface area contributed by atoms with Gasteiger partial charge in [0.05, 0.1) is 11.6 Å². The molecule has 0 aliphatic heterocycles. The first-order chi connectivity index (χ1) is 8.62. The fraction of sp³-hybridized carbons (Fsp3) is 0.200. The summed E-state index contributed by atoms with van der Waals surface area (Å²) in [7, 11) is 0. The second-order valence-corrected chi connectivity index (χ2v) is 4.48. The largest absolute Gasteiger partial charge is 0.483 e. The highest BCUT2D eigenvalue weighted by Crippen LogP contribution is 2.27. The molecule has 0 saturated carbocycles. The van der Waals surface area contributed by atoms with Crippen LogP contribution >= 0.6 is 0 Å². The molecule has 0 spiro atoms. The molecule has 90 valence electrons. The molecule has 1 aromatic carbocycles. The third-order valence-corrected chi connectivity index (χ3v) is 2.73. The van der Waals surface area contributed by atoms with Crippen LogP contribution in [0.2, 0.25) is 0 Å². The van der Waals surface area contributed by atoms with Gasteiger partial charge < -0.3 is 4.74 Å². The van der Waals surface area contributed by atoms with E-state index in [1.807, 2.05) is 38.1 Å². The topological polar surface area (TPSA) is 45.9 Å². The Balaban J connectivity index is 2.20. The van der Waals surface area contributed by atoms with Gasteiger partial charge in [0.1, 0.15) is 11.4 Å². The van der Waals surface area contributed by atoms with Gasteiger partial charge in [0, 0.05) is 12.4 Å².